The number of anilines is 2. The van der Waals surface area contributed by atoms with Crippen LogP contribution in [0.1, 0.15) is 5.56 Å². The summed E-state index contributed by atoms with van der Waals surface area (Å²) in [6.45, 7) is 1.93. The Hall–Kier alpha value is -2.34. The third-order valence-corrected chi connectivity index (χ3v) is 4.09. The molecule has 0 saturated heterocycles. The van der Waals surface area contributed by atoms with Gasteiger partial charge in [0, 0.05) is 11.4 Å². The minimum absolute atomic E-state index is 0.134. The molecule has 2 aromatic rings. The number of hydrogen-bond acceptors (Lipinski definition) is 3. The fourth-order valence-electron chi connectivity index (χ4n) is 1.63. The number of aryl methyl sites for hydroxylation is 1. The molecule has 0 bridgehead atoms. The fraction of sp³-hybridized carbons (Fsp3) is 0.0714. The summed E-state index contributed by atoms with van der Waals surface area (Å²) in [6, 6.07) is 13.0. The normalized spacial score (nSPS) is 10.8. The summed E-state index contributed by atoms with van der Waals surface area (Å²) in [7, 11) is -3.62. The molecule has 5 nitrogen and oxygen atoms in total. The maximum Gasteiger partial charge on any atom is 0.261 e. The molecule has 2 aromatic carbocycles. The Morgan fingerprint density at radius 1 is 0.900 bits per heavy atom. The van der Waals surface area contributed by atoms with Gasteiger partial charge in [-0.25, -0.2) is 8.42 Å². The number of carbonyl (C=O) groups is 1. The Kier molecular flexibility index (Phi) is 4.05. The first-order valence-electron chi connectivity index (χ1n) is 5.91. The van der Waals surface area contributed by atoms with Crippen LogP contribution in [0, 0.1) is 6.92 Å². The second-order valence-corrected chi connectivity index (χ2v) is 5.94. The number of hydrogen-bond donors (Lipinski definition) is 2. The predicted molar refractivity (Wildman–Crippen MR) is 78.1 cm³/mol. The van der Waals surface area contributed by atoms with E-state index in [1.165, 1.54) is 24.3 Å². The van der Waals surface area contributed by atoms with Gasteiger partial charge in [-0.3, -0.25) is 9.52 Å². The molecule has 0 fully saturated rings. The Balaban J connectivity index is 2.21. The molecule has 20 heavy (non-hydrogen) atoms. The Morgan fingerprint density at radius 2 is 1.45 bits per heavy atom. The molecule has 0 spiro atoms. The third kappa shape index (κ3) is 3.36. The fourth-order valence-corrected chi connectivity index (χ4v) is 2.69. The van der Waals surface area contributed by atoms with Crippen LogP contribution < -0.4 is 10.0 Å². The molecule has 1 amide bonds. The largest absolute Gasteiger partial charge is 0.329 e. The highest BCUT2D eigenvalue weighted by molar-refractivity contribution is 7.92. The van der Waals surface area contributed by atoms with E-state index in [1.807, 2.05) is 19.1 Å². The molecule has 104 valence electrons. The summed E-state index contributed by atoms with van der Waals surface area (Å²) in [5.74, 6) is 0. The summed E-state index contributed by atoms with van der Waals surface area (Å²) in [5.41, 5.74) is 2.09. The highest BCUT2D eigenvalue weighted by Gasteiger charge is 2.13. The van der Waals surface area contributed by atoms with Gasteiger partial charge in [-0.05, 0) is 43.3 Å². The van der Waals surface area contributed by atoms with Crippen molar-refractivity contribution in [2.75, 3.05) is 10.0 Å². The first-order valence-corrected chi connectivity index (χ1v) is 7.39. The molecular weight excluding hydrogens is 276 g/mol. The van der Waals surface area contributed by atoms with E-state index >= 15 is 0 Å². The highest BCUT2D eigenvalue weighted by Crippen LogP contribution is 2.18. The van der Waals surface area contributed by atoms with E-state index in [9.17, 15) is 13.2 Å². The lowest BCUT2D eigenvalue weighted by Gasteiger charge is -2.08. The average molecular weight is 290 g/mol. The molecule has 0 aliphatic heterocycles. The van der Waals surface area contributed by atoms with Crippen LogP contribution in [0.4, 0.5) is 11.4 Å². The summed E-state index contributed by atoms with van der Waals surface area (Å²) in [6.07, 6.45) is 0.536. The molecule has 0 atom stereocenters. The minimum atomic E-state index is -3.62. The maximum atomic E-state index is 12.2. The monoisotopic (exact) mass is 290 g/mol. The van der Waals surface area contributed by atoms with Crippen molar-refractivity contribution in [2.24, 2.45) is 0 Å². The molecule has 0 radical (unpaired) electrons. The Bertz CT molecular complexity index is 692. The number of carbonyl (C=O) groups excluding carboxylic acids is 1. The summed E-state index contributed by atoms with van der Waals surface area (Å²) in [4.78, 5) is 10.4. The Labute approximate surface area is 117 Å². The molecule has 0 aliphatic rings. The molecular formula is C14H14N2O3S. The average Bonchev–Trinajstić information content (AvgIpc) is 2.42. The molecule has 2 rings (SSSR count). The standard InChI is InChI=1S/C14H14N2O3S/c1-11-2-4-13(5-3-11)16-20(18,19)14-8-6-12(7-9-14)15-10-17/h2-10,16H,1H3,(H,15,17). The van der Waals surface area contributed by atoms with E-state index in [1.54, 1.807) is 12.1 Å². The van der Waals surface area contributed by atoms with Crippen LogP contribution >= 0.6 is 0 Å². The number of sulfonamides is 1. The zero-order valence-corrected chi connectivity index (χ0v) is 11.6. The van der Waals surface area contributed by atoms with Gasteiger partial charge in [-0.2, -0.15) is 0 Å². The topological polar surface area (TPSA) is 75.3 Å². The van der Waals surface area contributed by atoms with Crippen molar-refractivity contribution in [3.8, 4) is 0 Å². The lowest BCUT2D eigenvalue weighted by Crippen LogP contribution is -2.12. The van der Waals surface area contributed by atoms with Gasteiger partial charge in [-0.15, -0.1) is 0 Å². The van der Waals surface area contributed by atoms with Gasteiger partial charge in [0.1, 0.15) is 0 Å². The second-order valence-electron chi connectivity index (χ2n) is 4.26. The van der Waals surface area contributed by atoms with Crippen LogP contribution in [-0.4, -0.2) is 14.8 Å². The quantitative estimate of drug-likeness (QED) is 0.830. The second kappa shape index (κ2) is 5.75. The smallest absolute Gasteiger partial charge is 0.261 e. The van der Waals surface area contributed by atoms with Crippen LogP contribution in [-0.2, 0) is 14.8 Å². The van der Waals surface area contributed by atoms with Crippen molar-refractivity contribution >= 4 is 27.8 Å². The number of amides is 1. The van der Waals surface area contributed by atoms with E-state index < -0.39 is 10.0 Å². The summed E-state index contributed by atoms with van der Waals surface area (Å²) in [5, 5.41) is 2.45. The SMILES string of the molecule is Cc1ccc(NS(=O)(=O)c2ccc(NC=O)cc2)cc1. The van der Waals surface area contributed by atoms with E-state index in [0.29, 0.717) is 17.8 Å². The van der Waals surface area contributed by atoms with Gasteiger partial charge in [0.05, 0.1) is 4.90 Å². The van der Waals surface area contributed by atoms with Crippen molar-refractivity contribution in [1.29, 1.82) is 0 Å². The summed E-state index contributed by atoms with van der Waals surface area (Å²) >= 11 is 0. The van der Waals surface area contributed by atoms with Crippen molar-refractivity contribution in [3.05, 3.63) is 54.1 Å². The number of rotatable bonds is 5. The highest BCUT2D eigenvalue weighted by atomic mass is 32.2. The van der Waals surface area contributed by atoms with Gasteiger partial charge >= 0.3 is 0 Å². The van der Waals surface area contributed by atoms with Crippen molar-refractivity contribution < 1.29 is 13.2 Å². The third-order valence-electron chi connectivity index (χ3n) is 2.69. The van der Waals surface area contributed by atoms with Gasteiger partial charge in [0.15, 0.2) is 0 Å². The van der Waals surface area contributed by atoms with Crippen molar-refractivity contribution in [2.45, 2.75) is 11.8 Å². The number of nitrogens with one attached hydrogen (secondary N) is 2. The van der Waals surface area contributed by atoms with Crippen LogP contribution in [0.2, 0.25) is 0 Å². The van der Waals surface area contributed by atoms with Gasteiger partial charge < -0.3 is 5.32 Å². The van der Waals surface area contributed by atoms with Crippen LogP contribution in [0.15, 0.2) is 53.4 Å². The molecule has 6 heteroatoms. The van der Waals surface area contributed by atoms with Crippen LogP contribution in [0.25, 0.3) is 0 Å². The van der Waals surface area contributed by atoms with Crippen LogP contribution in [0.3, 0.4) is 0 Å². The van der Waals surface area contributed by atoms with E-state index in [-0.39, 0.29) is 4.90 Å². The predicted octanol–water partition coefficient (Wildman–Crippen LogP) is 2.36. The zero-order valence-electron chi connectivity index (χ0n) is 10.8. The van der Waals surface area contributed by atoms with E-state index in [2.05, 4.69) is 10.0 Å². The lowest BCUT2D eigenvalue weighted by molar-refractivity contribution is -0.105. The molecule has 0 heterocycles. The summed E-state index contributed by atoms with van der Waals surface area (Å²) < 4.78 is 26.8. The van der Waals surface area contributed by atoms with E-state index in [0.717, 1.165) is 5.56 Å². The van der Waals surface area contributed by atoms with E-state index in [4.69, 9.17) is 0 Å². The lowest BCUT2D eigenvalue weighted by atomic mass is 10.2. The van der Waals surface area contributed by atoms with Crippen molar-refractivity contribution in [3.63, 3.8) is 0 Å². The van der Waals surface area contributed by atoms with Gasteiger partial charge in [0.2, 0.25) is 6.41 Å². The van der Waals surface area contributed by atoms with Gasteiger partial charge in [-0.1, -0.05) is 17.7 Å². The number of benzene rings is 2. The van der Waals surface area contributed by atoms with Crippen LogP contribution in [0.5, 0.6) is 0 Å². The maximum absolute atomic E-state index is 12.2. The molecule has 0 saturated carbocycles. The zero-order chi connectivity index (χ0) is 14.6. The van der Waals surface area contributed by atoms with Crippen molar-refractivity contribution in [1.82, 2.24) is 0 Å². The molecule has 0 unspecified atom stereocenters. The molecule has 0 aliphatic carbocycles. The molecule has 0 aromatic heterocycles. The molecule has 2 N–H and O–H groups in total. The van der Waals surface area contributed by atoms with Gasteiger partial charge in [0.25, 0.3) is 10.0 Å². The Morgan fingerprint density at radius 3 is 2.00 bits per heavy atom. The first-order chi connectivity index (χ1) is 9.51. The minimum Gasteiger partial charge on any atom is -0.329 e. The first kappa shape index (κ1) is 14.1.